The van der Waals surface area contributed by atoms with Gasteiger partial charge >= 0.3 is 5.97 Å². The molecule has 3 heterocycles. The Labute approximate surface area is 192 Å². The highest BCUT2D eigenvalue weighted by Gasteiger charge is 2.41. The van der Waals surface area contributed by atoms with Crippen molar-refractivity contribution in [3.8, 4) is 5.75 Å². The van der Waals surface area contributed by atoms with Crippen LogP contribution in [-0.2, 0) is 20.9 Å². The van der Waals surface area contributed by atoms with Gasteiger partial charge in [-0.25, -0.2) is 9.97 Å². The normalized spacial score (nSPS) is 18.8. The van der Waals surface area contributed by atoms with E-state index in [-0.39, 0.29) is 24.8 Å². The van der Waals surface area contributed by atoms with Gasteiger partial charge in [0.05, 0.1) is 28.7 Å². The highest BCUT2D eigenvalue weighted by molar-refractivity contribution is 6.08. The number of rotatable bonds is 6. The van der Waals surface area contributed by atoms with E-state index in [4.69, 9.17) is 4.74 Å². The topological polar surface area (TPSA) is 175 Å². The summed E-state index contributed by atoms with van der Waals surface area (Å²) in [5, 5.41) is 17.4. The van der Waals surface area contributed by atoms with E-state index >= 15 is 0 Å². The van der Waals surface area contributed by atoms with E-state index in [1.807, 2.05) is 0 Å². The van der Waals surface area contributed by atoms with Crippen molar-refractivity contribution in [2.45, 2.75) is 19.4 Å². The lowest BCUT2D eigenvalue weighted by Gasteiger charge is -2.31. The van der Waals surface area contributed by atoms with Gasteiger partial charge in [-0.2, -0.15) is 0 Å². The number of H-pyrrole nitrogens is 1. The number of anilines is 2. The monoisotopic (exact) mass is 464 g/mol. The standard InChI is InChI=1S/C22H20N6O6/c29-16-8-34-15-4-1-10(5-13(15)27-16)6-24-21(31)19-18-17(25-9-26-19)14(7-23-18)28-20(30)11-2-3-12(11)22(32)33/h1,4-5,7,9,11-12,23H,2-3,6,8H2,(H,24,31)(H,27,29)(H,28,30)(H,32,33)/t11-,12-/m1/s1. The van der Waals surface area contributed by atoms with Crippen molar-refractivity contribution < 1.29 is 29.0 Å². The number of benzene rings is 1. The number of aliphatic carboxylic acids is 1. The van der Waals surface area contributed by atoms with Gasteiger partial charge in [-0.15, -0.1) is 0 Å². The number of hydrogen-bond acceptors (Lipinski definition) is 7. The number of aromatic amines is 1. The SMILES string of the molecule is O=C1COc2ccc(CNC(=O)c3ncnc4c(NC(=O)[C@@H]5CC[C@H]5C(=O)O)c[nH]c34)cc2N1. The van der Waals surface area contributed by atoms with Crippen molar-refractivity contribution in [1.82, 2.24) is 20.3 Å². The Hall–Kier alpha value is -4.48. The fraction of sp³-hybridized carbons (Fsp3) is 0.273. The number of carbonyl (C=O) groups is 4. The van der Waals surface area contributed by atoms with Crippen LogP contribution in [0.15, 0.2) is 30.7 Å². The number of nitrogens with one attached hydrogen (secondary N) is 4. The summed E-state index contributed by atoms with van der Waals surface area (Å²) in [5.74, 6) is -2.82. The molecule has 2 aliphatic rings. The quantitative estimate of drug-likeness (QED) is 0.362. The minimum absolute atomic E-state index is 0.0355. The summed E-state index contributed by atoms with van der Waals surface area (Å²) in [4.78, 5) is 59.2. The number of carbonyl (C=O) groups excluding carboxylic acids is 3. The van der Waals surface area contributed by atoms with E-state index in [9.17, 15) is 24.3 Å². The smallest absolute Gasteiger partial charge is 0.307 e. The molecule has 12 nitrogen and oxygen atoms in total. The molecule has 2 atom stereocenters. The molecule has 34 heavy (non-hydrogen) atoms. The number of hydrogen-bond donors (Lipinski definition) is 5. The van der Waals surface area contributed by atoms with Gasteiger partial charge in [-0.3, -0.25) is 19.2 Å². The summed E-state index contributed by atoms with van der Waals surface area (Å²) < 4.78 is 5.33. The number of carboxylic acids is 1. The third-order valence-corrected chi connectivity index (χ3v) is 5.99. The minimum Gasteiger partial charge on any atom is -0.482 e. The second-order valence-corrected chi connectivity index (χ2v) is 8.12. The Kier molecular flexibility index (Phi) is 5.32. The van der Waals surface area contributed by atoms with Gasteiger partial charge in [0, 0.05) is 12.7 Å². The highest BCUT2D eigenvalue weighted by Crippen LogP contribution is 2.36. The summed E-state index contributed by atoms with van der Waals surface area (Å²) in [7, 11) is 0. The Morgan fingerprint density at radius 1 is 1.18 bits per heavy atom. The molecule has 0 saturated heterocycles. The van der Waals surface area contributed by atoms with Crippen LogP contribution < -0.4 is 20.7 Å². The maximum absolute atomic E-state index is 12.8. The van der Waals surface area contributed by atoms with Gasteiger partial charge in [0.25, 0.3) is 11.8 Å². The molecule has 1 aliphatic carbocycles. The molecule has 1 aromatic carbocycles. The van der Waals surface area contributed by atoms with Crippen LogP contribution in [0.2, 0.25) is 0 Å². The molecule has 0 bridgehead atoms. The van der Waals surface area contributed by atoms with Crippen molar-refractivity contribution in [2.24, 2.45) is 11.8 Å². The van der Waals surface area contributed by atoms with E-state index in [0.717, 1.165) is 5.56 Å². The number of aromatic nitrogens is 3. The van der Waals surface area contributed by atoms with Gasteiger partial charge < -0.3 is 30.8 Å². The maximum atomic E-state index is 12.8. The molecule has 3 aromatic rings. The lowest BCUT2D eigenvalue weighted by molar-refractivity contribution is -0.151. The Bertz CT molecular complexity index is 1330. The number of nitrogens with zero attached hydrogens (tertiary/aromatic N) is 2. The molecule has 5 N–H and O–H groups in total. The average molecular weight is 464 g/mol. The lowest BCUT2D eigenvalue weighted by atomic mass is 9.73. The molecular weight excluding hydrogens is 444 g/mol. The molecule has 1 saturated carbocycles. The van der Waals surface area contributed by atoms with Crippen LogP contribution in [0.1, 0.15) is 28.9 Å². The van der Waals surface area contributed by atoms with Crippen molar-refractivity contribution >= 4 is 46.1 Å². The van der Waals surface area contributed by atoms with Crippen molar-refractivity contribution in [1.29, 1.82) is 0 Å². The van der Waals surface area contributed by atoms with E-state index in [0.29, 0.717) is 41.0 Å². The number of carboxylic acid groups (broad SMARTS) is 1. The molecular formula is C22H20N6O6. The minimum atomic E-state index is -0.986. The molecule has 1 aliphatic heterocycles. The van der Waals surface area contributed by atoms with Gasteiger partial charge in [-0.05, 0) is 30.5 Å². The number of fused-ring (bicyclic) bond motifs is 2. The number of amides is 3. The molecule has 2 aromatic heterocycles. The zero-order valence-corrected chi connectivity index (χ0v) is 17.8. The van der Waals surface area contributed by atoms with E-state index < -0.39 is 29.6 Å². The van der Waals surface area contributed by atoms with Crippen LogP contribution in [-0.4, -0.2) is 50.4 Å². The fourth-order valence-corrected chi connectivity index (χ4v) is 4.05. The lowest BCUT2D eigenvalue weighted by Crippen LogP contribution is -2.41. The Morgan fingerprint density at radius 3 is 2.76 bits per heavy atom. The molecule has 0 unspecified atom stereocenters. The first kappa shape index (κ1) is 21.4. The van der Waals surface area contributed by atoms with Crippen LogP contribution in [0.4, 0.5) is 11.4 Å². The third kappa shape index (κ3) is 3.89. The molecule has 174 valence electrons. The van der Waals surface area contributed by atoms with Gasteiger partial charge in [0.2, 0.25) is 5.91 Å². The second-order valence-electron chi connectivity index (χ2n) is 8.12. The first-order valence-corrected chi connectivity index (χ1v) is 10.6. The van der Waals surface area contributed by atoms with Crippen LogP contribution in [0, 0.1) is 11.8 Å². The summed E-state index contributed by atoms with van der Waals surface area (Å²) in [5.41, 5.74) is 2.40. The van der Waals surface area contributed by atoms with Crippen molar-refractivity contribution in [3.63, 3.8) is 0 Å². The summed E-state index contributed by atoms with van der Waals surface area (Å²) >= 11 is 0. The predicted octanol–water partition coefficient (Wildman–Crippen LogP) is 1.27. The first-order valence-electron chi connectivity index (χ1n) is 10.6. The molecule has 3 amide bonds. The third-order valence-electron chi connectivity index (χ3n) is 5.99. The number of ether oxygens (including phenoxy) is 1. The summed E-state index contributed by atoms with van der Waals surface area (Å²) in [6.07, 6.45) is 3.69. The molecule has 5 rings (SSSR count). The average Bonchev–Trinajstić information content (AvgIpc) is 3.18. The van der Waals surface area contributed by atoms with Gasteiger partial charge in [-0.1, -0.05) is 6.07 Å². The van der Waals surface area contributed by atoms with Crippen LogP contribution in [0.3, 0.4) is 0 Å². The van der Waals surface area contributed by atoms with Gasteiger partial charge in [0.1, 0.15) is 17.6 Å². The first-order chi connectivity index (χ1) is 16.4. The zero-order valence-electron chi connectivity index (χ0n) is 17.8. The van der Waals surface area contributed by atoms with Gasteiger partial charge in [0.15, 0.2) is 12.3 Å². The van der Waals surface area contributed by atoms with E-state index in [1.54, 1.807) is 18.2 Å². The second kappa shape index (κ2) is 8.46. The molecule has 0 spiro atoms. The highest BCUT2D eigenvalue weighted by atomic mass is 16.5. The predicted molar refractivity (Wildman–Crippen MR) is 118 cm³/mol. The van der Waals surface area contributed by atoms with E-state index in [1.165, 1.54) is 12.5 Å². The maximum Gasteiger partial charge on any atom is 0.307 e. The largest absolute Gasteiger partial charge is 0.482 e. The zero-order chi connectivity index (χ0) is 23.8. The van der Waals surface area contributed by atoms with Crippen molar-refractivity contribution in [2.75, 3.05) is 17.2 Å². The summed E-state index contributed by atoms with van der Waals surface area (Å²) in [6.45, 7) is 0.141. The molecule has 12 heteroatoms. The Morgan fingerprint density at radius 2 is 2.00 bits per heavy atom. The Balaban J connectivity index is 1.29. The van der Waals surface area contributed by atoms with Crippen molar-refractivity contribution in [3.05, 3.63) is 42.0 Å². The van der Waals surface area contributed by atoms with E-state index in [2.05, 4.69) is 30.9 Å². The van der Waals surface area contributed by atoms with Crippen LogP contribution in [0.5, 0.6) is 5.75 Å². The van der Waals surface area contributed by atoms with Crippen LogP contribution >= 0.6 is 0 Å². The molecule has 0 radical (unpaired) electrons. The molecule has 1 fully saturated rings. The van der Waals surface area contributed by atoms with Crippen LogP contribution in [0.25, 0.3) is 11.0 Å². The fourth-order valence-electron chi connectivity index (χ4n) is 4.05. The summed E-state index contributed by atoms with van der Waals surface area (Å²) in [6, 6.07) is 5.21.